The van der Waals surface area contributed by atoms with Crippen molar-refractivity contribution >= 4 is 22.4 Å². The molecular formula is C10H15N3O2S. The second-order valence-electron chi connectivity index (χ2n) is 3.96. The van der Waals surface area contributed by atoms with Gasteiger partial charge in [-0.25, -0.2) is 4.98 Å². The first kappa shape index (κ1) is 11.3. The summed E-state index contributed by atoms with van der Waals surface area (Å²) in [6.45, 7) is 3.50. The summed E-state index contributed by atoms with van der Waals surface area (Å²) in [6, 6.07) is 0.109. The third-order valence-corrected chi connectivity index (χ3v) is 3.46. The lowest BCUT2D eigenvalue weighted by Crippen LogP contribution is -2.38. The van der Waals surface area contributed by atoms with Crippen LogP contribution in [0.5, 0.6) is 0 Å². The van der Waals surface area contributed by atoms with Crippen LogP contribution < -0.4 is 11.1 Å². The number of carbonyl (C=O) groups is 1. The molecule has 0 spiro atoms. The Kier molecular flexibility index (Phi) is 3.40. The summed E-state index contributed by atoms with van der Waals surface area (Å²) in [4.78, 5) is 15.7. The Morgan fingerprint density at radius 3 is 3.19 bits per heavy atom. The zero-order valence-corrected chi connectivity index (χ0v) is 9.92. The van der Waals surface area contributed by atoms with E-state index < -0.39 is 0 Å². The predicted octanol–water partition coefficient (Wildman–Crippen LogP) is 0.880. The number of carbonyl (C=O) groups excluding carboxylic acids is 1. The molecule has 3 N–H and O–H groups in total. The van der Waals surface area contributed by atoms with Crippen molar-refractivity contribution in [2.75, 3.05) is 18.9 Å². The first-order valence-corrected chi connectivity index (χ1v) is 6.14. The normalized spacial score (nSPS) is 21.9. The summed E-state index contributed by atoms with van der Waals surface area (Å²) in [5.41, 5.74) is 5.87. The molecule has 2 rings (SSSR count). The van der Waals surface area contributed by atoms with Gasteiger partial charge >= 0.3 is 0 Å². The molecule has 2 unspecified atom stereocenters. The van der Waals surface area contributed by atoms with Crippen molar-refractivity contribution in [2.45, 2.75) is 19.4 Å². The minimum Gasteiger partial charge on any atom is -0.381 e. The van der Waals surface area contributed by atoms with Gasteiger partial charge in [-0.15, -0.1) is 11.3 Å². The van der Waals surface area contributed by atoms with E-state index in [4.69, 9.17) is 10.5 Å². The van der Waals surface area contributed by atoms with E-state index in [1.165, 1.54) is 11.3 Å². The highest BCUT2D eigenvalue weighted by molar-refractivity contribution is 7.13. The number of thiazole rings is 1. The summed E-state index contributed by atoms with van der Waals surface area (Å²) in [5.74, 6) is 0.243. The number of nitrogens with one attached hydrogen (secondary N) is 1. The van der Waals surface area contributed by atoms with E-state index in [0.717, 1.165) is 19.6 Å². The summed E-state index contributed by atoms with van der Waals surface area (Å²) < 4.78 is 5.28. The fourth-order valence-electron chi connectivity index (χ4n) is 1.74. The summed E-state index contributed by atoms with van der Waals surface area (Å²) in [7, 11) is 0. The number of anilines is 1. The maximum atomic E-state index is 11.8. The fraction of sp³-hybridized carbons (Fsp3) is 0.600. The van der Waals surface area contributed by atoms with Crippen LogP contribution in [0.25, 0.3) is 0 Å². The SMILES string of the molecule is CC(NC(=O)c1csc(N)n1)C1CCOC1. The number of nitrogens with zero attached hydrogens (tertiary/aromatic N) is 1. The van der Waals surface area contributed by atoms with Gasteiger partial charge in [0, 0.05) is 23.9 Å². The number of ether oxygens (including phenoxy) is 1. The highest BCUT2D eigenvalue weighted by atomic mass is 32.1. The number of aromatic nitrogens is 1. The van der Waals surface area contributed by atoms with Crippen LogP contribution in [0, 0.1) is 5.92 Å². The molecule has 6 heteroatoms. The first-order valence-electron chi connectivity index (χ1n) is 5.26. The van der Waals surface area contributed by atoms with Crippen molar-refractivity contribution in [1.29, 1.82) is 0 Å². The number of rotatable bonds is 3. The lowest BCUT2D eigenvalue weighted by atomic mass is 10.0. The molecule has 2 atom stereocenters. The van der Waals surface area contributed by atoms with Crippen molar-refractivity contribution in [1.82, 2.24) is 10.3 Å². The number of hydrogen-bond donors (Lipinski definition) is 2. The van der Waals surface area contributed by atoms with Gasteiger partial charge in [-0.1, -0.05) is 0 Å². The Hall–Kier alpha value is -1.14. The summed E-state index contributed by atoms with van der Waals surface area (Å²) in [6.07, 6.45) is 1.00. The average Bonchev–Trinajstić information content (AvgIpc) is 2.87. The average molecular weight is 241 g/mol. The van der Waals surface area contributed by atoms with E-state index in [1.54, 1.807) is 5.38 Å². The van der Waals surface area contributed by atoms with Crippen LogP contribution in [-0.4, -0.2) is 30.1 Å². The Morgan fingerprint density at radius 1 is 1.81 bits per heavy atom. The molecule has 0 saturated carbocycles. The topological polar surface area (TPSA) is 77.2 Å². The van der Waals surface area contributed by atoms with Crippen LogP contribution in [0.2, 0.25) is 0 Å². The maximum Gasteiger partial charge on any atom is 0.271 e. The molecule has 1 fully saturated rings. The Labute approximate surface area is 98.0 Å². The van der Waals surface area contributed by atoms with Gasteiger partial charge in [-0.2, -0.15) is 0 Å². The number of nitrogen functional groups attached to an aromatic ring is 1. The van der Waals surface area contributed by atoms with Crippen LogP contribution in [0.15, 0.2) is 5.38 Å². The molecule has 2 heterocycles. The zero-order valence-electron chi connectivity index (χ0n) is 9.10. The molecule has 1 amide bonds. The Bertz CT molecular complexity index is 374. The smallest absolute Gasteiger partial charge is 0.271 e. The largest absolute Gasteiger partial charge is 0.381 e. The van der Waals surface area contributed by atoms with E-state index in [2.05, 4.69) is 10.3 Å². The highest BCUT2D eigenvalue weighted by Gasteiger charge is 2.24. The van der Waals surface area contributed by atoms with Crippen LogP contribution in [0.1, 0.15) is 23.8 Å². The monoisotopic (exact) mass is 241 g/mol. The molecule has 1 aromatic rings. The van der Waals surface area contributed by atoms with E-state index in [9.17, 15) is 4.79 Å². The Balaban J connectivity index is 1.91. The van der Waals surface area contributed by atoms with Gasteiger partial charge < -0.3 is 15.8 Å². The van der Waals surface area contributed by atoms with Gasteiger partial charge in [0.15, 0.2) is 5.13 Å². The minimum atomic E-state index is -0.160. The van der Waals surface area contributed by atoms with Crippen molar-refractivity contribution in [3.63, 3.8) is 0 Å². The highest BCUT2D eigenvalue weighted by Crippen LogP contribution is 2.17. The lowest BCUT2D eigenvalue weighted by Gasteiger charge is -2.18. The molecule has 0 bridgehead atoms. The molecule has 0 aliphatic carbocycles. The standard InChI is InChI=1S/C10H15N3O2S/c1-6(7-2-3-15-4-7)12-9(14)8-5-16-10(11)13-8/h5-7H,2-4H2,1H3,(H2,11,13)(H,12,14). The Morgan fingerprint density at radius 2 is 2.62 bits per heavy atom. The minimum absolute atomic E-state index is 0.109. The molecule has 1 aromatic heterocycles. The third kappa shape index (κ3) is 2.51. The van der Waals surface area contributed by atoms with E-state index >= 15 is 0 Å². The molecule has 1 aliphatic rings. The molecule has 1 aliphatic heterocycles. The van der Waals surface area contributed by atoms with Gasteiger partial charge in [0.25, 0.3) is 5.91 Å². The third-order valence-electron chi connectivity index (χ3n) is 2.79. The second kappa shape index (κ2) is 4.80. The van der Waals surface area contributed by atoms with Gasteiger partial charge in [-0.05, 0) is 13.3 Å². The van der Waals surface area contributed by atoms with E-state index in [1.807, 2.05) is 6.92 Å². The van der Waals surface area contributed by atoms with Crippen LogP contribution >= 0.6 is 11.3 Å². The first-order chi connectivity index (χ1) is 7.66. The van der Waals surface area contributed by atoms with Gasteiger partial charge in [0.2, 0.25) is 0 Å². The molecule has 88 valence electrons. The van der Waals surface area contributed by atoms with E-state index in [-0.39, 0.29) is 11.9 Å². The van der Waals surface area contributed by atoms with Gasteiger partial charge in [0.05, 0.1) is 6.61 Å². The van der Waals surface area contributed by atoms with E-state index in [0.29, 0.717) is 16.7 Å². The quantitative estimate of drug-likeness (QED) is 0.823. The molecular weight excluding hydrogens is 226 g/mol. The number of nitrogens with two attached hydrogens (primary N) is 1. The van der Waals surface area contributed by atoms with Crippen LogP contribution in [-0.2, 0) is 4.74 Å². The van der Waals surface area contributed by atoms with Crippen molar-refractivity contribution in [3.05, 3.63) is 11.1 Å². The molecule has 16 heavy (non-hydrogen) atoms. The van der Waals surface area contributed by atoms with Crippen LogP contribution in [0.4, 0.5) is 5.13 Å². The maximum absolute atomic E-state index is 11.8. The second-order valence-corrected chi connectivity index (χ2v) is 4.85. The van der Waals surface area contributed by atoms with Gasteiger partial charge in [0.1, 0.15) is 5.69 Å². The predicted molar refractivity (Wildman–Crippen MR) is 62.4 cm³/mol. The van der Waals surface area contributed by atoms with Gasteiger partial charge in [-0.3, -0.25) is 4.79 Å². The summed E-state index contributed by atoms with van der Waals surface area (Å²) in [5, 5.41) is 5.01. The zero-order chi connectivity index (χ0) is 11.5. The van der Waals surface area contributed by atoms with Crippen molar-refractivity contribution in [3.8, 4) is 0 Å². The summed E-state index contributed by atoms with van der Waals surface area (Å²) >= 11 is 1.27. The fourth-order valence-corrected chi connectivity index (χ4v) is 2.28. The molecule has 5 nitrogen and oxygen atoms in total. The van der Waals surface area contributed by atoms with Crippen molar-refractivity contribution in [2.24, 2.45) is 5.92 Å². The molecule has 0 radical (unpaired) electrons. The number of amides is 1. The van der Waals surface area contributed by atoms with Crippen molar-refractivity contribution < 1.29 is 9.53 Å². The molecule has 0 aromatic carbocycles. The molecule has 1 saturated heterocycles. The number of hydrogen-bond acceptors (Lipinski definition) is 5. The lowest BCUT2D eigenvalue weighted by molar-refractivity contribution is 0.0918. The van der Waals surface area contributed by atoms with Crippen LogP contribution in [0.3, 0.4) is 0 Å².